The van der Waals surface area contributed by atoms with Gasteiger partial charge in [0.15, 0.2) is 0 Å². The number of benzene rings is 1. The molecule has 0 aliphatic carbocycles. The van der Waals surface area contributed by atoms with Crippen molar-refractivity contribution in [2.45, 2.75) is 69.6 Å². The van der Waals surface area contributed by atoms with Crippen molar-refractivity contribution in [3.8, 4) is 0 Å². The van der Waals surface area contributed by atoms with Crippen molar-refractivity contribution in [1.29, 1.82) is 0 Å². The third kappa shape index (κ3) is 7.29. The molecule has 12 heteroatoms. The third-order valence-electron chi connectivity index (χ3n) is 7.94. The fourth-order valence-electron chi connectivity index (χ4n) is 5.37. The van der Waals surface area contributed by atoms with Crippen LogP contribution in [0.4, 0.5) is 4.79 Å². The molecule has 1 aromatic carbocycles. The van der Waals surface area contributed by atoms with Crippen LogP contribution in [-0.4, -0.2) is 72.6 Å². The lowest BCUT2D eigenvalue weighted by molar-refractivity contribution is -0.0836. The summed E-state index contributed by atoms with van der Waals surface area (Å²) in [6.07, 6.45) is 8.04. The Morgan fingerprint density at radius 3 is 2.50 bits per heavy atom. The normalized spacial score (nSPS) is 19.1. The molecular formula is C30H39N5O6S. The predicted octanol–water partition coefficient (Wildman–Crippen LogP) is 3.74. The minimum atomic E-state index is -3.72. The van der Waals surface area contributed by atoms with E-state index in [0.29, 0.717) is 25.3 Å². The molecule has 226 valence electrons. The number of pyridine rings is 1. The van der Waals surface area contributed by atoms with E-state index in [2.05, 4.69) is 15.0 Å². The van der Waals surface area contributed by atoms with Crippen LogP contribution in [0.15, 0.2) is 59.9 Å². The lowest BCUT2D eigenvalue weighted by Gasteiger charge is -2.45. The number of fused-ring (bicyclic) bond motifs is 1. The van der Waals surface area contributed by atoms with Gasteiger partial charge in [0, 0.05) is 44.8 Å². The minimum Gasteiger partial charge on any atom is -0.444 e. The van der Waals surface area contributed by atoms with Crippen LogP contribution >= 0.6 is 0 Å². The van der Waals surface area contributed by atoms with Crippen LogP contribution in [0.25, 0.3) is 5.65 Å². The number of nitrogens with zero attached hydrogens (tertiary/aromatic N) is 3. The number of sulfonamides is 1. The van der Waals surface area contributed by atoms with E-state index < -0.39 is 15.6 Å². The molecule has 2 N–H and O–H groups in total. The molecule has 2 aliphatic heterocycles. The van der Waals surface area contributed by atoms with E-state index in [9.17, 15) is 18.0 Å². The number of likely N-dealkylation sites (tertiary alicyclic amines) is 1. The zero-order chi connectivity index (χ0) is 30.0. The minimum absolute atomic E-state index is 0.0192. The summed E-state index contributed by atoms with van der Waals surface area (Å²) in [5.41, 5.74) is 1.55. The monoisotopic (exact) mass is 597 g/mol. The van der Waals surface area contributed by atoms with E-state index >= 15 is 0 Å². The number of carbonyl (C=O) groups is 2. The summed E-state index contributed by atoms with van der Waals surface area (Å²) in [4.78, 5) is 31.0. The first kappa shape index (κ1) is 30.0. The highest BCUT2D eigenvalue weighted by molar-refractivity contribution is 7.89. The van der Waals surface area contributed by atoms with Gasteiger partial charge in [0.2, 0.25) is 10.0 Å². The second kappa shape index (κ2) is 12.0. The molecule has 0 radical (unpaired) electrons. The highest BCUT2D eigenvalue weighted by atomic mass is 32.2. The van der Waals surface area contributed by atoms with Crippen molar-refractivity contribution >= 4 is 27.7 Å². The Bertz CT molecular complexity index is 1510. The molecule has 42 heavy (non-hydrogen) atoms. The lowest BCUT2D eigenvalue weighted by atomic mass is 9.73. The smallest absolute Gasteiger partial charge is 0.410 e. The summed E-state index contributed by atoms with van der Waals surface area (Å²) in [6, 6.07) is 9.95. The van der Waals surface area contributed by atoms with Crippen LogP contribution in [-0.2, 0) is 26.0 Å². The quantitative estimate of drug-likeness (QED) is 0.424. The summed E-state index contributed by atoms with van der Waals surface area (Å²) in [5, 5.41) is 2.86. The molecule has 2 saturated heterocycles. The van der Waals surface area contributed by atoms with Crippen molar-refractivity contribution in [1.82, 2.24) is 24.3 Å². The molecule has 1 unspecified atom stereocenters. The van der Waals surface area contributed by atoms with Gasteiger partial charge >= 0.3 is 6.09 Å². The molecule has 1 atom stereocenters. The Hall–Kier alpha value is -3.48. The maximum atomic E-state index is 12.9. The molecule has 5 rings (SSSR count). The molecule has 3 aromatic rings. The average molecular weight is 598 g/mol. The molecule has 2 fully saturated rings. The van der Waals surface area contributed by atoms with Gasteiger partial charge in [-0.1, -0.05) is 12.1 Å². The number of rotatable bonds is 7. The first-order valence-electron chi connectivity index (χ1n) is 14.3. The highest BCUT2D eigenvalue weighted by Gasteiger charge is 2.40. The van der Waals surface area contributed by atoms with Gasteiger partial charge in [-0.25, -0.2) is 22.9 Å². The Balaban J connectivity index is 1.05. The van der Waals surface area contributed by atoms with E-state index in [1.807, 2.05) is 20.8 Å². The lowest BCUT2D eigenvalue weighted by Crippen LogP contribution is -2.49. The number of aromatic nitrogens is 2. The third-order valence-corrected chi connectivity index (χ3v) is 9.38. The van der Waals surface area contributed by atoms with Crippen LogP contribution in [0, 0.1) is 5.41 Å². The maximum absolute atomic E-state index is 12.9. The highest BCUT2D eigenvalue weighted by Crippen LogP contribution is 2.40. The fourth-order valence-corrected chi connectivity index (χ4v) is 6.44. The largest absolute Gasteiger partial charge is 0.444 e. The van der Waals surface area contributed by atoms with E-state index in [0.717, 1.165) is 36.9 Å². The van der Waals surface area contributed by atoms with Gasteiger partial charge in [0.25, 0.3) is 5.91 Å². The number of hydrogen-bond donors (Lipinski definition) is 2. The van der Waals surface area contributed by atoms with Gasteiger partial charge in [0.05, 0.1) is 23.2 Å². The van der Waals surface area contributed by atoms with Crippen molar-refractivity contribution in [2.75, 3.05) is 26.2 Å². The predicted molar refractivity (Wildman–Crippen MR) is 156 cm³/mol. The van der Waals surface area contributed by atoms with E-state index in [4.69, 9.17) is 9.47 Å². The molecular weight excluding hydrogens is 558 g/mol. The first-order chi connectivity index (χ1) is 19.9. The van der Waals surface area contributed by atoms with Crippen LogP contribution in [0.3, 0.4) is 0 Å². The van der Waals surface area contributed by atoms with E-state index in [1.165, 1.54) is 12.1 Å². The molecule has 0 bridgehead atoms. The zero-order valence-electron chi connectivity index (χ0n) is 24.3. The van der Waals surface area contributed by atoms with Crippen LogP contribution in [0.2, 0.25) is 0 Å². The molecule has 2 aromatic heterocycles. The Labute approximate surface area is 246 Å². The number of ether oxygens (including phenoxy) is 2. The number of piperidine rings is 1. The standard InChI is InChI=1S/C30H39N5O6S/c1-29(2,3)41-28(37)34-15-12-30(13-16-34)11-10-24(40-21-30)19-33-42(38,39)25-7-4-22(5-8-25)18-32-27(36)23-6-9-26-31-14-17-35(26)20-23/h4-9,14,17,20,24,33H,10-13,15-16,18-19,21H2,1-3H3,(H,32,36). The second-order valence-corrected chi connectivity index (χ2v) is 14.0. The number of carbonyl (C=O) groups excluding carboxylic acids is 2. The number of amides is 2. The van der Waals surface area contributed by atoms with Gasteiger partial charge in [-0.15, -0.1) is 0 Å². The van der Waals surface area contributed by atoms with E-state index in [-0.39, 0.29) is 41.5 Å². The molecule has 2 aliphatic rings. The molecule has 2 amide bonds. The average Bonchev–Trinajstić information content (AvgIpc) is 3.43. The number of hydrogen-bond acceptors (Lipinski definition) is 7. The van der Waals surface area contributed by atoms with Crippen LogP contribution in [0.1, 0.15) is 62.4 Å². The summed E-state index contributed by atoms with van der Waals surface area (Å²) in [7, 11) is -3.72. The van der Waals surface area contributed by atoms with Crippen molar-refractivity contribution in [3.63, 3.8) is 0 Å². The topological polar surface area (TPSA) is 131 Å². The molecule has 0 saturated carbocycles. The summed E-state index contributed by atoms with van der Waals surface area (Å²) >= 11 is 0. The van der Waals surface area contributed by atoms with Gasteiger partial charge in [-0.05, 0) is 81.7 Å². The molecule has 11 nitrogen and oxygen atoms in total. The van der Waals surface area contributed by atoms with Gasteiger partial charge in [0.1, 0.15) is 11.2 Å². The van der Waals surface area contributed by atoms with Crippen LogP contribution in [0.5, 0.6) is 0 Å². The zero-order valence-corrected chi connectivity index (χ0v) is 25.2. The Morgan fingerprint density at radius 1 is 1.10 bits per heavy atom. The van der Waals surface area contributed by atoms with Gasteiger partial charge in [-0.3, -0.25) is 4.79 Å². The Morgan fingerprint density at radius 2 is 1.83 bits per heavy atom. The van der Waals surface area contributed by atoms with Gasteiger partial charge in [-0.2, -0.15) is 0 Å². The number of imidazole rings is 1. The van der Waals surface area contributed by atoms with Gasteiger partial charge < -0.3 is 24.1 Å². The summed E-state index contributed by atoms with van der Waals surface area (Å²) < 4.78 is 41.9. The first-order valence-corrected chi connectivity index (χ1v) is 15.8. The van der Waals surface area contributed by atoms with Crippen molar-refractivity contribution < 1.29 is 27.5 Å². The second-order valence-electron chi connectivity index (χ2n) is 12.2. The number of nitrogens with one attached hydrogen (secondary N) is 2. The van der Waals surface area contributed by atoms with Crippen LogP contribution < -0.4 is 10.0 Å². The SMILES string of the molecule is CC(C)(C)OC(=O)N1CCC2(CCC(CNS(=O)(=O)c3ccc(CNC(=O)c4ccc5nccn5c4)cc3)OC2)CC1. The fraction of sp³-hybridized carbons (Fsp3) is 0.500. The van der Waals surface area contributed by atoms with Crippen molar-refractivity contribution in [3.05, 3.63) is 66.1 Å². The Kier molecular flexibility index (Phi) is 8.58. The van der Waals surface area contributed by atoms with E-state index in [1.54, 1.807) is 52.2 Å². The molecule has 1 spiro atoms. The maximum Gasteiger partial charge on any atom is 0.410 e. The molecule has 4 heterocycles. The summed E-state index contributed by atoms with van der Waals surface area (Å²) in [6.45, 7) is 7.88. The summed E-state index contributed by atoms with van der Waals surface area (Å²) in [5.74, 6) is -0.230. The van der Waals surface area contributed by atoms with Crippen molar-refractivity contribution in [2.24, 2.45) is 5.41 Å².